The molecule has 0 atom stereocenters. The molecule has 2 aromatic rings. The summed E-state index contributed by atoms with van der Waals surface area (Å²) in [5, 5.41) is 9.52. The second-order valence-electron chi connectivity index (χ2n) is 5.69. The van der Waals surface area contributed by atoms with Gasteiger partial charge in [-0.3, -0.25) is 4.31 Å². The fraction of sp³-hybridized carbons (Fsp3) is 0.158. The number of rotatable bonds is 4. The molecule has 0 fully saturated rings. The zero-order valence-electron chi connectivity index (χ0n) is 14.3. The van der Waals surface area contributed by atoms with Crippen LogP contribution < -0.4 is 0 Å². The lowest BCUT2D eigenvalue weighted by Gasteiger charge is -2.20. The molecule has 6 nitrogen and oxygen atoms in total. The highest BCUT2D eigenvalue weighted by atomic mass is 32.2. The van der Waals surface area contributed by atoms with Crippen LogP contribution in [0.4, 0.5) is 4.39 Å². The second-order valence-corrected chi connectivity index (χ2v) is 7.52. The first-order chi connectivity index (χ1) is 12.9. The molecule has 0 bridgehead atoms. The molecule has 0 radical (unpaired) electrons. The summed E-state index contributed by atoms with van der Waals surface area (Å²) in [6.07, 6.45) is 0. The SMILES string of the molecule is CCOC(=O)/C(C#N)=C1/c2ccccc2S(=O)(=O)N1Cc1ccc(F)cc1. The van der Waals surface area contributed by atoms with E-state index in [4.69, 9.17) is 4.74 Å². The molecule has 3 rings (SSSR count). The maximum absolute atomic E-state index is 13.2. The lowest BCUT2D eigenvalue weighted by atomic mass is 10.1. The Morgan fingerprint density at radius 1 is 1.19 bits per heavy atom. The smallest absolute Gasteiger partial charge is 0.351 e. The summed E-state index contributed by atoms with van der Waals surface area (Å²) in [4.78, 5) is 12.3. The third kappa shape index (κ3) is 3.29. The maximum atomic E-state index is 13.2. The van der Waals surface area contributed by atoms with E-state index in [0.717, 1.165) is 4.31 Å². The lowest BCUT2D eigenvalue weighted by molar-refractivity contribution is -0.137. The van der Waals surface area contributed by atoms with Gasteiger partial charge in [0.05, 0.1) is 23.7 Å². The van der Waals surface area contributed by atoms with Crippen LogP contribution in [0.25, 0.3) is 5.70 Å². The Morgan fingerprint density at radius 2 is 1.85 bits per heavy atom. The van der Waals surface area contributed by atoms with Crippen molar-refractivity contribution in [3.63, 3.8) is 0 Å². The number of benzene rings is 2. The van der Waals surface area contributed by atoms with Gasteiger partial charge >= 0.3 is 5.97 Å². The van der Waals surface area contributed by atoms with Crippen molar-refractivity contribution in [2.24, 2.45) is 0 Å². The molecule has 0 saturated heterocycles. The highest BCUT2D eigenvalue weighted by Crippen LogP contribution is 2.41. The summed E-state index contributed by atoms with van der Waals surface area (Å²) in [5.41, 5.74) is 0.332. The van der Waals surface area contributed by atoms with Crippen LogP contribution in [0, 0.1) is 17.1 Å². The highest BCUT2D eigenvalue weighted by Gasteiger charge is 2.41. The van der Waals surface area contributed by atoms with E-state index in [1.165, 1.54) is 36.4 Å². The number of halogens is 1. The maximum Gasteiger partial charge on any atom is 0.351 e. The molecule has 0 N–H and O–H groups in total. The Kier molecular flexibility index (Phi) is 4.97. The first-order valence-electron chi connectivity index (χ1n) is 8.08. The number of sulfonamides is 1. The van der Waals surface area contributed by atoms with Crippen molar-refractivity contribution in [1.82, 2.24) is 4.31 Å². The highest BCUT2D eigenvalue weighted by molar-refractivity contribution is 7.90. The summed E-state index contributed by atoms with van der Waals surface area (Å²) in [5.74, 6) is -1.35. The van der Waals surface area contributed by atoms with Crippen LogP contribution in [-0.4, -0.2) is 25.3 Å². The molecule has 1 aliphatic rings. The fourth-order valence-electron chi connectivity index (χ4n) is 2.84. The van der Waals surface area contributed by atoms with Gasteiger partial charge in [-0.1, -0.05) is 30.3 Å². The van der Waals surface area contributed by atoms with Crippen molar-refractivity contribution in [1.29, 1.82) is 5.26 Å². The quantitative estimate of drug-likeness (QED) is 0.458. The van der Waals surface area contributed by atoms with Crippen LogP contribution >= 0.6 is 0 Å². The summed E-state index contributed by atoms with van der Waals surface area (Å²) in [6.45, 7) is 1.48. The predicted octanol–water partition coefficient (Wildman–Crippen LogP) is 2.83. The monoisotopic (exact) mass is 386 g/mol. The zero-order valence-corrected chi connectivity index (χ0v) is 15.2. The topological polar surface area (TPSA) is 87.5 Å². The molecule has 27 heavy (non-hydrogen) atoms. The van der Waals surface area contributed by atoms with Crippen molar-refractivity contribution in [3.8, 4) is 6.07 Å². The molecule has 0 amide bonds. The van der Waals surface area contributed by atoms with Crippen molar-refractivity contribution >= 4 is 21.7 Å². The van der Waals surface area contributed by atoms with Crippen LogP contribution in [0.5, 0.6) is 0 Å². The van der Waals surface area contributed by atoms with Gasteiger partial charge in [-0.15, -0.1) is 0 Å². The summed E-state index contributed by atoms with van der Waals surface area (Å²) < 4.78 is 45.1. The molecule has 138 valence electrons. The number of carbonyl (C=O) groups excluding carboxylic acids is 1. The fourth-order valence-corrected chi connectivity index (χ4v) is 4.52. The van der Waals surface area contributed by atoms with Crippen molar-refractivity contribution < 1.29 is 22.3 Å². The van der Waals surface area contributed by atoms with Crippen LogP contribution in [0.2, 0.25) is 0 Å². The molecule has 0 unspecified atom stereocenters. The number of carbonyl (C=O) groups is 1. The minimum atomic E-state index is -3.98. The molecule has 0 spiro atoms. The van der Waals surface area contributed by atoms with Gasteiger partial charge in [0.25, 0.3) is 10.0 Å². The molecular weight excluding hydrogens is 371 g/mol. The van der Waals surface area contributed by atoms with Crippen molar-refractivity contribution in [2.45, 2.75) is 18.4 Å². The molecule has 0 saturated carbocycles. The predicted molar refractivity (Wildman–Crippen MR) is 94.7 cm³/mol. The molecule has 0 aromatic heterocycles. The van der Waals surface area contributed by atoms with Crippen LogP contribution in [0.3, 0.4) is 0 Å². The Hall–Kier alpha value is -3.18. The Labute approximate surface area is 156 Å². The molecule has 0 aliphatic carbocycles. The molecular formula is C19H15FN2O4S. The van der Waals surface area contributed by atoms with E-state index in [9.17, 15) is 22.9 Å². The summed E-state index contributed by atoms with van der Waals surface area (Å²) in [6, 6.07) is 13.2. The number of ether oxygens (including phenoxy) is 1. The van der Waals surface area contributed by atoms with E-state index in [1.54, 1.807) is 25.1 Å². The molecule has 8 heteroatoms. The van der Waals surface area contributed by atoms with Gasteiger partial charge in [0, 0.05) is 5.56 Å². The third-order valence-electron chi connectivity index (χ3n) is 4.03. The number of nitrogens with zero attached hydrogens (tertiary/aromatic N) is 2. The number of fused-ring (bicyclic) bond motifs is 1. The van der Waals surface area contributed by atoms with Gasteiger partial charge < -0.3 is 4.74 Å². The third-order valence-corrected chi connectivity index (χ3v) is 5.83. The van der Waals surface area contributed by atoms with E-state index in [0.29, 0.717) is 5.56 Å². The van der Waals surface area contributed by atoms with Gasteiger partial charge in [0.15, 0.2) is 5.57 Å². The number of esters is 1. The van der Waals surface area contributed by atoms with Gasteiger partial charge in [-0.25, -0.2) is 17.6 Å². The van der Waals surface area contributed by atoms with E-state index in [-0.39, 0.29) is 29.3 Å². The summed E-state index contributed by atoms with van der Waals surface area (Å²) >= 11 is 0. The van der Waals surface area contributed by atoms with E-state index >= 15 is 0 Å². The molecule has 1 heterocycles. The van der Waals surface area contributed by atoms with Gasteiger partial charge in [0.2, 0.25) is 0 Å². The first kappa shape index (κ1) is 18.6. The van der Waals surface area contributed by atoms with Crippen LogP contribution in [0.1, 0.15) is 18.1 Å². The van der Waals surface area contributed by atoms with Gasteiger partial charge in [-0.2, -0.15) is 5.26 Å². The van der Waals surface area contributed by atoms with Crippen LogP contribution in [-0.2, 0) is 26.1 Å². The largest absolute Gasteiger partial charge is 0.462 e. The summed E-state index contributed by atoms with van der Waals surface area (Å²) in [7, 11) is -3.98. The lowest BCUT2D eigenvalue weighted by Crippen LogP contribution is -2.25. The zero-order chi connectivity index (χ0) is 19.6. The van der Waals surface area contributed by atoms with E-state index in [1.807, 2.05) is 0 Å². The Morgan fingerprint density at radius 3 is 2.48 bits per heavy atom. The van der Waals surface area contributed by atoms with Gasteiger partial charge in [-0.05, 0) is 30.7 Å². The molecule has 1 aliphatic heterocycles. The standard InChI is InChI=1S/C19H15FN2O4S/c1-2-26-19(23)16(11-21)18-15-5-3-4-6-17(15)27(24,25)22(18)12-13-7-9-14(20)10-8-13/h3-10H,2,12H2,1H3/b18-16-. The van der Waals surface area contributed by atoms with Crippen LogP contribution in [0.15, 0.2) is 59.0 Å². The van der Waals surface area contributed by atoms with E-state index < -0.39 is 27.4 Å². The number of hydrogen-bond donors (Lipinski definition) is 0. The average Bonchev–Trinajstić information content (AvgIpc) is 2.86. The number of nitriles is 1. The number of hydrogen-bond acceptors (Lipinski definition) is 5. The molecule has 2 aromatic carbocycles. The average molecular weight is 386 g/mol. The Balaban J connectivity index is 2.21. The van der Waals surface area contributed by atoms with Crippen molar-refractivity contribution in [2.75, 3.05) is 6.61 Å². The normalized spacial score (nSPS) is 16.4. The Bertz CT molecular complexity index is 1070. The minimum absolute atomic E-state index is 0.000778. The first-order valence-corrected chi connectivity index (χ1v) is 9.52. The van der Waals surface area contributed by atoms with E-state index in [2.05, 4.69) is 0 Å². The second kappa shape index (κ2) is 7.21. The van der Waals surface area contributed by atoms with Gasteiger partial charge in [0.1, 0.15) is 11.9 Å². The van der Waals surface area contributed by atoms with Crippen molar-refractivity contribution in [3.05, 3.63) is 71.0 Å². The minimum Gasteiger partial charge on any atom is -0.462 e.